The average molecular weight is 190 g/mol. The molecule has 0 aliphatic carbocycles. The summed E-state index contributed by atoms with van der Waals surface area (Å²) >= 11 is 0. The van der Waals surface area contributed by atoms with Crippen LogP contribution in [0.15, 0.2) is 24.3 Å². The second-order valence-electron chi connectivity index (χ2n) is 3.48. The minimum absolute atomic E-state index is 0.558. The maximum absolute atomic E-state index is 3.15. The van der Waals surface area contributed by atoms with Gasteiger partial charge in [-0.2, -0.15) is 0 Å². The topological polar surface area (TPSA) is 3.24 Å². The fourth-order valence-electron chi connectivity index (χ4n) is 1.98. The lowest BCUT2D eigenvalue weighted by Crippen LogP contribution is -2.27. The van der Waals surface area contributed by atoms with Crippen LogP contribution in [0.1, 0.15) is 38.8 Å². The number of nitrogens with zero attached hydrogens (tertiary/aromatic N) is 1. The summed E-state index contributed by atoms with van der Waals surface area (Å²) in [5, 5.41) is 0. The molecule has 1 heteroatoms. The van der Waals surface area contributed by atoms with Gasteiger partial charge in [-0.15, -0.1) is 0 Å². The van der Waals surface area contributed by atoms with Crippen LogP contribution < -0.4 is 0 Å². The van der Waals surface area contributed by atoms with Crippen LogP contribution in [0, 0.1) is 6.07 Å². The van der Waals surface area contributed by atoms with E-state index in [4.69, 9.17) is 0 Å². The molecule has 0 spiro atoms. The summed E-state index contributed by atoms with van der Waals surface area (Å²) in [6.45, 7) is 8.92. The van der Waals surface area contributed by atoms with Gasteiger partial charge in [-0.05, 0) is 37.2 Å². The molecule has 1 nitrogen and oxygen atoms in total. The van der Waals surface area contributed by atoms with Crippen LogP contribution in [0.3, 0.4) is 0 Å². The molecule has 1 rings (SSSR count). The third-order valence-corrected chi connectivity index (χ3v) is 2.76. The molecule has 1 aromatic rings. The van der Waals surface area contributed by atoms with Crippen LogP contribution in [-0.4, -0.2) is 18.0 Å². The Morgan fingerprint density at radius 3 is 2.43 bits per heavy atom. The van der Waals surface area contributed by atoms with Gasteiger partial charge < -0.3 is 0 Å². The van der Waals surface area contributed by atoms with Crippen molar-refractivity contribution in [1.82, 2.24) is 4.90 Å². The van der Waals surface area contributed by atoms with E-state index in [0.717, 1.165) is 13.1 Å². The predicted octanol–water partition coefficient (Wildman–Crippen LogP) is 3.28. The van der Waals surface area contributed by atoms with E-state index < -0.39 is 0 Å². The molecular formula is C13H20N. The highest BCUT2D eigenvalue weighted by molar-refractivity contribution is 5.18. The highest BCUT2D eigenvalue weighted by Crippen LogP contribution is 2.22. The minimum atomic E-state index is 0.558. The molecule has 1 radical (unpaired) electrons. The normalized spacial score (nSPS) is 13.1. The van der Waals surface area contributed by atoms with Gasteiger partial charge in [0.2, 0.25) is 0 Å². The molecule has 0 saturated heterocycles. The maximum Gasteiger partial charge on any atom is 0.0345 e. The van der Waals surface area contributed by atoms with Gasteiger partial charge in [-0.3, -0.25) is 4.90 Å². The summed E-state index contributed by atoms with van der Waals surface area (Å²) in [5.41, 5.74) is 1.39. The predicted molar refractivity (Wildman–Crippen MR) is 61.2 cm³/mol. The first-order valence-electron chi connectivity index (χ1n) is 5.53. The van der Waals surface area contributed by atoms with Crippen LogP contribution in [0.25, 0.3) is 0 Å². The molecule has 0 N–H and O–H groups in total. The van der Waals surface area contributed by atoms with Gasteiger partial charge in [0.1, 0.15) is 0 Å². The van der Waals surface area contributed by atoms with E-state index in [2.05, 4.69) is 49.9 Å². The standard InChI is InChI=1S/C13H20N/c1-4-13(14(5-2)6-3)12-10-8-7-9-11-12/h7-8,10-11,13H,4-6H2,1-3H3. The second kappa shape index (κ2) is 5.82. The molecule has 77 valence electrons. The smallest absolute Gasteiger partial charge is 0.0345 e. The van der Waals surface area contributed by atoms with Crippen LogP contribution >= 0.6 is 0 Å². The van der Waals surface area contributed by atoms with Gasteiger partial charge in [0.05, 0.1) is 0 Å². The van der Waals surface area contributed by atoms with Crippen molar-refractivity contribution in [2.24, 2.45) is 0 Å². The molecule has 1 aromatic carbocycles. The number of hydrogen-bond acceptors (Lipinski definition) is 1. The molecule has 1 atom stereocenters. The maximum atomic E-state index is 3.15. The van der Waals surface area contributed by atoms with Gasteiger partial charge in [0, 0.05) is 6.04 Å². The SMILES string of the molecule is CCC(c1c[c]ccc1)N(CC)CC. The summed E-state index contributed by atoms with van der Waals surface area (Å²) in [7, 11) is 0. The highest BCUT2D eigenvalue weighted by Gasteiger charge is 2.14. The fraction of sp³-hybridized carbons (Fsp3) is 0.538. The molecule has 0 aliphatic heterocycles. The van der Waals surface area contributed by atoms with E-state index in [1.165, 1.54) is 12.0 Å². The van der Waals surface area contributed by atoms with E-state index in [0.29, 0.717) is 6.04 Å². The molecule has 0 aromatic heterocycles. The quantitative estimate of drug-likeness (QED) is 0.688. The van der Waals surface area contributed by atoms with Gasteiger partial charge in [-0.25, -0.2) is 0 Å². The third kappa shape index (κ3) is 2.58. The van der Waals surface area contributed by atoms with E-state index in [1.807, 2.05) is 6.07 Å². The first-order chi connectivity index (χ1) is 6.83. The molecular weight excluding hydrogens is 170 g/mol. The van der Waals surface area contributed by atoms with Gasteiger partial charge in [0.15, 0.2) is 0 Å². The zero-order valence-corrected chi connectivity index (χ0v) is 9.46. The van der Waals surface area contributed by atoms with Crippen LogP contribution in [-0.2, 0) is 0 Å². The lowest BCUT2D eigenvalue weighted by atomic mass is 10.0. The average Bonchev–Trinajstić information content (AvgIpc) is 2.27. The molecule has 0 amide bonds. The first kappa shape index (κ1) is 11.3. The van der Waals surface area contributed by atoms with Crippen LogP contribution in [0.2, 0.25) is 0 Å². The van der Waals surface area contributed by atoms with Crippen molar-refractivity contribution >= 4 is 0 Å². The molecule has 0 bridgehead atoms. The highest BCUT2D eigenvalue weighted by atomic mass is 15.1. The Balaban J connectivity index is 2.81. The van der Waals surface area contributed by atoms with Crippen molar-refractivity contribution in [1.29, 1.82) is 0 Å². The van der Waals surface area contributed by atoms with Gasteiger partial charge in [-0.1, -0.05) is 39.0 Å². The van der Waals surface area contributed by atoms with Crippen LogP contribution in [0.5, 0.6) is 0 Å². The Morgan fingerprint density at radius 2 is 2.00 bits per heavy atom. The third-order valence-electron chi connectivity index (χ3n) is 2.76. The summed E-state index contributed by atoms with van der Waals surface area (Å²) < 4.78 is 0. The zero-order chi connectivity index (χ0) is 10.4. The lowest BCUT2D eigenvalue weighted by molar-refractivity contribution is 0.213. The minimum Gasteiger partial charge on any atom is -0.297 e. The second-order valence-corrected chi connectivity index (χ2v) is 3.48. The van der Waals surface area contributed by atoms with E-state index in [-0.39, 0.29) is 0 Å². The number of benzene rings is 1. The van der Waals surface area contributed by atoms with E-state index in [1.54, 1.807) is 0 Å². The lowest BCUT2D eigenvalue weighted by Gasteiger charge is -2.29. The molecule has 1 unspecified atom stereocenters. The largest absolute Gasteiger partial charge is 0.297 e. The molecule has 14 heavy (non-hydrogen) atoms. The molecule has 0 saturated carbocycles. The first-order valence-corrected chi connectivity index (χ1v) is 5.53. The Bertz CT molecular complexity index is 239. The van der Waals surface area contributed by atoms with E-state index >= 15 is 0 Å². The van der Waals surface area contributed by atoms with Gasteiger partial charge >= 0.3 is 0 Å². The monoisotopic (exact) mass is 190 g/mol. The fourth-order valence-corrected chi connectivity index (χ4v) is 1.98. The Morgan fingerprint density at radius 1 is 1.29 bits per heavy atom. The van der Waals surface area contributed by atoms with E-state index in [9.17, 15) is 0 Å². The molecule has 0 aliphatic rings. The summed E-state index contributed by atoms with van der Waals surface area (Å²) in [4.78, 5) is 2.49. The summed E-state index contributed by atoms with van der Waals surface area (Å²) in [6.07, 6.45) is 1.17. The van der Waals surface area contributed by atoms with Crippen molar-refractivity contribution < 1.29 is 0 Å². The van der Waals surface area contributed by atoms with Crippen LogP contribution in [0.4, 0.5) is 0 Å². The van der Waals surface area contributed by atoms with Crippen molar-refractivity contribution in [3.05, 3.63) is 35.9 Å². The van der Waals surface area contributed by atoms with Crippen molar-refractivity contribution in [3.63, 3.8) is 0 Å². The van der Waals surface area contributed by atoms with Crippen molar-refractivity contribution in [2.75, 3.05) is 13.1 Å². The Hall–Kier alpha value is -0.820. The number of hydrogen-bond donors (Lipinski definition) is 0. The van der Waals surface area contributed by atoms with Crippen molar-refractivity contribution in [2.45, 2.75) is 33.2 Å². The van der Waals surface area contributed by atoms with Gasteiger partial charge in [0.25, 0.3) is 0 Å². The summed E-state index contributed by atoms with van der Waals surface area (Å²) in [5.74, 6) is 0. The Kier molecular flexibility index (Phi) is 4.68. The zero-order valence-electron chi connectivity index (χ0n) is 9.46. The summed E-state index contributed by atoms with van der Waals surface area (Å²) in [6, 6.07) is 12.0. The number of rotatable bonds is 5. The Labute approximate surface area is 87.7 Å². The molecule has 0 heterocycles. The van der Waals surface area contributed by atoms with Crippen molar-refractivity contribution in [3.8, 4) is 0 Å². The molecule has 0 fully saturated rings.